The van der Waals surface area contributed by atoms with Gasteiger partial charge in [-0.2, -0.15) is 4.31 Å². The summed E-state index contributed by atoms with van der Waals surface area (Å²) in [6, 6.07) is -0.468. The number of benzene rings is 1. The van der Waals surface area contributed by atoms with Gasteiger partial charge in [0.05, 0.1) is 0 Å². The Hall–Kier alpha value is -0.900. The molecule has 0 atom stereocenters. The largest absolute Gasteiger partial charge is 0.317 e. The third-order valence-corrected chi connectivity index (χ3v) is 5.77. The monoisotopic (exact) mass is 390 g/mol. The molecule has 1 aromatic carbocycles. The first kappa shape index (κ1) is 21.1. The highest BCUT2D eigenvalue weighted by Crippen LogP contribution is 2.29. The Morgan fingerprint density at radius 2 is 1.62 bits per heavy atom. The van der Waals surface area contributed by atoms with E-state index in [1.54, 1.807) is 6.92 Å². The molecule has 4 nitrogen and oxygen atoms in total. The van der Waals surface area contributed by atoms with E-state index in [1.807, 2.05) is 0 Å². The number of sulfonamides is 1. The minimum atomic E-state index is -4.69. The van der Waals surface area contributed by atoms with Gasteiger partial charge in [0.25, 0.3) is 0 Å². The van der Waals surface area contributed by atoms with Crippen molar-refractivity contribution < 1.29 is 26.0 Å². The van der Waals surface area contributed by atoms with E-state index in [4.69, 9.17) is 0 Å². The molecule has 10 heteroatoms. The number of nitrogens with one attached hydrogen (secondary N) is 1. The molecule has 24 heavy (non-hydrogen) atoms. The van der Waals surface area contributed by atoms with Gasteiger partial charge in [-0.05, 0) is 32.4 Å². The van der Waals surface area contributed by atoms with Gasteiger partial charge in [-0.15, -0.1) is 12.4 Å². The van der Waals surface area contributed by atoms with Crippen LogP contribution in [-0.2, 0) is 10.0 Å². The van der Waals surface area contributed by atoms with E-state index >= 15 is 0 Å². The summed E-state index contributed by atoms with van der Waals surface area (Å²) in [5.74, 6) is -7.24. The number of nitrogens with zero attached hydrogens (tertiary/aromatic N) is 1. The van der Waals surface area contributed by atoms with Crippen molar-refractivity contribution in [3.05, 3.63) is 29.3 Å². The summed E-state index contributed by atoms with van der Waals surface area (Å²) in [5, 5.41) is 3.05. The predicted octanol–water partition coefficient (Wildman–Crippen LogP) is 2.82. The minimum absolute atomic E-state index is 0. The fraction of sp³-hybridized carbons (Fsp3) is 0.571. The van der Waals surface area contributed by atoms with Crippen LogP contribution in [0.3, 0.4) is 0 Å². The Kier molecular flexibility index (Phi) is 7.45. The molecule has 1 aromatic rings. The summed E-state index contributed by atoms with van der Waals surface area (Å²) in [4.78, 5) is -1.55. The fourth-order valence-electron chi connectivity index (χ4n) is 2.71. The fourth-order valence-corrected chi connectivity index (χ4v) is 4.62. The summed E-state index contributed by atoms with van der Waals surface area (Å²) in [5.41, 5.74) is 0. The van der Waals surface area contributed by atoms with Crippen LogP contribution in [0.4, 0.5) is 17.6 Å². The van der Waals surface area contributed by atoms with Crippen LogP contribution < -0.4 is 5.32 Å². The molecule has 1 heterocycles. The van der Waals surface area contributed by atoms with Gasteiger partial charge in [0.1, 0.15) is 0 Å². The van der Waals surface area contributed by atoms with Crippen LogP contribution in [0.5, 0.6) is 0 Å². The smallest absolute Gasteiger partial charge is 0.249 e. The first-order chi connectivity index (χ1) is 10.8. The van der Waals surface area contributed by atoms with Gasteiger partial charge in [0.2, 0.25) is 10.0 Å². The second-order valence-corrected chi connectivity index (χ2v) is 7.22. The Morgan fingerprint density at radius 3 is 2.08 bits per heavy atom. The lowest BCUT2D eigenvalue weighted by molar-refractivity contribution is 0.259. The van der Waals surface area contributed by atoms with E-state index in [9.17, 15) is 26.0 Å². The van der Waals surface area contributed by atoms with E-state index in [0.29, 0.717) is 32.4 Å². The highest BCUT2D eigenvalue weighted by atomic mass is 35.5. The lowest BCUT2D eigenvalue weighted by Gasteiger charge is -2.33. The lowest BCUT2D eigenvalue weighted by atomic mass is 10.1. The zero-order valence-corrected chi connectivity index (χ0v) is 14.6. The SMILES string of the molecule is CCCN(C1CCNCC1)S(=O)(=O)c1c(F)c(F)cc(F)c1F.Cl. The lowest BCUT2D eigenvalue weighted by Crippen LogP contribution is -2.46. The molecule has 0 unspecified atom stereocenters. The average molecular weight is 391 g/mol. The van der Waals surface area contributed by atoms with Gasteiger partial charge in [0, 0.05) is 18.7 Å². The Labute approximate surface area is 144 Å². The predicted molar refractivity (Wildman–Crippen MR) is 83.6 cm³/mol. The van der Waals surface area contributed by atoms with Crippen molar-refractivity contribution in [2.45, 2.75) is 37.1 Å². The van der Waals surface area contributed by atoms with Gasteiger partial charge in [-0.25, -0.2) is 26.0 Å². The molecule has 1 N–H and O–H groups in total. The molecule has 0 amide bonds. The first-order valence-electron chi connectivity index (χ1n) is 7.36. The standard InChI is InChI=1S/C14H18F4N2O2S.ClH/c1-2-7-20(9-3-5-19-6-4-9)23(21,22)14-12(17)10(15)8-11(16)13(14)18;/h8-9,19H,2-7H2,1H3;1H. The second kappa shape index (κ2) is 8.46. The van der Waals surface area contributed by atoms with Gasteiger partial charge in [-0.3, -0.25) is 0 Å². The third kappa shape index (κ3) is 4.01. The molecule has 1 aliphatic rings. The van der Waals surface area contributed by atoms with E-state index in [-0.39, 0.29) is 25.0 Å². The molecule has 0 radical (unpaired) electrons. The van der Waals surface area contributed by atoms with Crippen molar-refractivity contribution in [3.8, 4) is 0 Å². The van der Waals surface area contributed by atoms with Gasteiger partial charge in [-0.1, -0.05) is 6.92 Å². The van der Waals surface area contributed by atoms with Crippen molar-refractivity contribution in [1.82, 2.24) is 9.62 Å². The first-order valence-corrected chi connectivity index (χ1v) is 8.80. The van der Waals surface area contributed by atoms with Crippen LogP contribution in [0.1, 0.15) is 26.2 Å². The highest BCUT2D eigenvalue weighted by molar-refractivity contribution is 7.89. The molecule has 0 aliphatic carbocycles. The number of hydrogen-bond donors (Lipinski definition) is 1. The Bertz CT molecular complexity index is 656. The minimum Gasteiger partial charge on any atom is -0.317 e. The molecular weight excluding hydrogens is 372 g/mol. The summed E-state index contributed by atoms with van der Waals surface area (Å²) in [6.07, 6.45) is 1.32. The van der Waals surface area contributed by atoms with Crippen LogP contribution in [0, 0.1) is 23.3 Å². The van der Waals surface area contributed by atoms with Crippen LogP contribution in [0.15, 0.2) is 11.0 Å². The summed E-state index contributed by atoms with van der Waals surface area (Å²) in [6.45, 7) is 2.85. The van der Waals surface area contributed by atoms with Crippen molar-refractivity contribution in [2.24, 2.45) is 0 Å². The summed E-state index contributed by atoms with van der Waals surface area (Å²) < 4.78 is 80.8. The van der Waals surface area contributed by atoms with E-state index < -0.39 is 44.2 Å². The maximum atomic E-state index is 13.9. The third-order valence-electron chi connectivity index (χ3n) is 3.80. The quantitative estimate of drug-likeness (QED) is 0.621. The summed E-state index contributed by atoms with van der Waals surface area (Å²) in [7, 11) is -4.69. The summed E-state index contributed by atoms with van der Waals surface area (Å²) >= 11 is 0. The molecule has 1 aliphatic heterocycles. The molecule has 0 aromatic heterocycles. The van der Waals surface area contributed by atoms with Crippen molar-refractivity contribution in [2.75, 3.05) is 19.6 Å². The average Bonchev–Trinajstić information content (AvgIpc) is 2.51. The zero-order chi connectivity index (χ0) is 17.2. The highest BCUT2D eigenvalue weighted by Gasteiger charge is 2.38. The Morgan fingerprint density at radius 1 is 1.12 bits per heavy atom. The number of halogens is 5. The van der Waals surface area contributed by atoms with Gasteiger partial charge >= 0.3 is 0 Å². The molecule has 1 fully saturated rings. The number of rotatable bonds is 5. The molecule has 138 valence electrons. The van der Waals surface area contributed by atoms with Crippen LogP contribution in [0.25, 0.3) is 0 Å². The van der Waals surface area contributed by atoms with Crippen LogP contribution in [-0.4, -0.2) is 38.4 Å². The maximum Gasteiger partial charge on any atom is 0.249 e. The van der Waals surface area contributed by atoms with Gasteiger partial charge < -0.3 is 5.32 Å². The second-order valence-electron chi connectivity index (χ2n) is 5.39. The number of piperidine rings is 1. The molecule has 1 saturated heterocycles. The van der Waals surface area contributed by atoms with Crippen LogP contribution >= 0.6 is 12.4 Å². The molecule has 0 saturated carbocycles. The molecule has 0 spiro atoms. The number of hydrogen-bond acceptors (Lipinski definition) is 3. The molecule has 2 rings (SSSR count). The van der Waals surface area contributed by atoms with E-state index in [1.165, 1.54) is 0 Å². The molecular formula is C14H19ClF4N2O2S. The Balaban J connectivity index is 0.00000288. The van der Waals surface area contributed by atoms with Crippen LogP contribution in [0.2, 0.25) is 0 Å². The van der Waals surface area contributed by atoms with Crippen molar-refractivity contribution in [3.63, 3.8) is 0 Å². The van der Waals surface area contributed by atoms with E-state index in [2.05, 4.69) is 5.32 Å². The van der Waals surface area contributed by atoms with Gasteiger partial charge in [0.15, 0.2) is 28.2 Å². The maximum absolute atomic E-state index is 13.9. The topological polar surface area (TPSA) is 49.4 Å². The van der Waals surface area contributed by atoms with E-state index in [0.717, 1.165) is 4.31 Å². The van der Waals surface area contributed by atoms with Crippen molar-refractivity contribution in [1.29, 1.82) is 0 Å². The molecule has 0 bridgehead atoms. The normalized spacial score (nSPS) is 16.2. The van der Waals surface area contributed by atoms with Crippen molar-refractivity contribution >= 4 is 22.4 Å². The zero-order valence-electron chi connectivity index (χ0n) is 13.0.